The van der Waals surface area contributed by atoms with Crippen LogP contribution in [0.2, 0.25) is 0 Å². The molecule has 0 aromatic carbocycles. The number of carbonyl (C=O) groups is 1. The van der Waals surface area contributed by atoms with E-state index in [9.17, 15) is 4.79 Å². The van der Waals surface area contributed by atoms with Crippen molar-refractivity contribution >= 4 is 28.6 Å². The van der Waals surface area contributed by atoms with Crippen LogP contribution in [-0.2, 0) is 0 Å². The van der Waals surface area contributed by atoms with E-state index in [1.807, 2.05) is 6.26 Å². The molecule has 0 aliphatic heterocycles. The van der Waals surface area contributed by atoms with E-state index in [-0.39, 0.29) is 0 Å². The summed E-state index contributed by atoms with van der Waals surface area (Å²) in [5.74, 6) is 0. The van der Waals surface area contributed by atoms with Crippen LogP contribution in [0.4, 0.5) is 0 Å². The molecule has 0 aliphatic rings. The molecule has 0 radical (unpaired) electrons. The van der Waals surface area contributed by atoms with Gasteiger partial charge in [0.1, 0.15) is 5.69 Å². The average molecular weight is 177 g/mol. The zero-order valence-corrected chi connectivity index (χ0v) is 6.79. The molecular formula is C5H5ClN2OS. The van der Waals surface area contributed by atoms with Crippen molar-refractivity contribution in [3.05, 3.63) is 11.9 Å². The van der Waals surface area contributed by atoms with E-state index in [4.69, 9.17) is 11.6 Å². The number of nitrogens with one attached hydrogen (secondary N) is 1. The zero-order chi connectivity index (χ0) is 7.56. The Labute approximate surface area is 67.1 Å². The predicted octanol–water partition coefficient (Wildman–Crippen LogP) is 1.51. The van der Waals surface area contributed by atoms with E-state index in [0.29, 0.717) is 5.69 Å². The molecule has 0 amide bonds. The highest BCUT2D eigenvalue weighted by atomic mass is 35.5. The second-order valence-electron chi connectivity index (χ2n) is 1.59. The Kier molecular flexibility index (Phi) is 2.34. The molecule has 1 aromatic rings. The lowest BCUT2D eigenvalue weighted by Crippen LogP contribution is -1.90. The van der Waals surface area contributed by atoms with Gasteiger partial charge in [0.15, 0.2) is 0 Å². The number of H-pyrrole nitrogens is 1. The first-order chi connectivity index (χ1) is 4.75. The Hall–Kier alpha value is -0.480. The van der Waals surface area contributed by atoms with Crippen LogP contribution < -0.4 is 0 Å². The van der Waals surface area contributed by atoms with Gasteiger partial charge >= 0.3 is 0 Å². The molecule has 1 N–H and O–H groups in total. The molecule has 5 heteroatoms. The quantitative estimate of drug-likeness (QED) is 0.549. The number of hydrogen-bond acceptors (Lipinski definition) is 3. The lowest BCUT2D eigenvalue weighted by Gasteiger charge is -1.89. The standard InChI is InChI=1S/C5H5ClN2OS/c1-10-3-2-7-8-4(3)5(6)9/h2H,1H3,(H,7,8). The number of nitrogens with zero attached hydrogens (tertiary/aromatic N) is 1. The highest BCUT2D eigenvalue weighted by Crippen LogP contribution is 2.18. The monoisotopic (exact) mass is 176 g/mol. The average Bonchev–Trinajstić information content (AvgIpc) is 2.33. The van der Waals surface area contributed by atoms with Gasteiger partial charge in [-0.2, -0.15) is 5.10 Å². The Morgan fingerprint density at radius 3 is 3.00 bits per heavy atom. The fourth-order valence-electron chi connectivity index (χ4n) is 0.571. The SMILES string of the molecule is CSc1cn[nH]c1C(=O)Cl. The summed E-state index contributed by atoms with van der Waals surface area (Å²) in [6, 6.07) is 0. The summed E-state index contributed by atoms with van der Waals surface area (Å²) in [5.41, 5.74) is 0.370. The molecule has 0 fully saturated rings. The highest BCUT2D eigenvalue weighted by molar-refractivity contribution is 7.98. The maximum Gasteiger partial charge on any atom is 0.271 e. The molecule has 0 bridgehead atoms. The molecule has 10 heavy (non-hydrogen) atoms. The first-order valence-electron chi connectivity index (χ1n) is 2.53. The van der Waals surface area contributed by atoms with Crippen LogP contribution in [0.5, 0.6) is 0 Å². The molecule has 0 spiro atoms. The summed E-state index contributed by atoms with van der Waals surface area (Å²) in [6.45, 7) is 0. The van der Waals surface area contributed by atoms with Gasteiger partial charge in [0.25, 0.3) is 5.24 Å². The maximum absolute atomic E-state index is 10.6. The fourth-order valence-corrected chi connectivity index (χ4v) is 1.27. The van der Waals surface area contributed by atoms with E-state index in [1.165, 1.54) is 11.8 Å². The van der Waals surface area contributed by atoms with Gasteiger partial charge in [-0.25, -0.2) is 0 Å². The summed E-state index contributed by atoms with van der Waals surface area (Å²) >= 11 is 6.64. The molecule has 1 rings (SSSR count). The Morgan fingerprint density at radius 1 is 1.90 bits per heavy atom. The topological polar surface area (TPSA) is 45.8 Å². The number of rotatable bonds is 2. The number of aromatic amines is 1. The number of hydrogen-bond donors (Lipinski definition) is 1. The van der Waals surface area contributed by atoms with Gasteiger partial charge in [-0.15, -0.1) is 11.8 Å². The third kappa shape index (κ3) is 1.33. The van der Waals surface area contributed by atoms with Gasteiger partial charge < -0.3 is 0 Å². The number of thioether (sulfide) groups is 1. The molecule has 0 atom stereocenters. The predicted molar refractivity (Wildman–Crippen MR) is 40.6 cm³/mol. The minimum Gasteiger partial charge on any atom is -0.274 e. The van der Waals surface area contributed by atoms with Gasteiger partial charge in [-0.05, 0) is 17.9 Å². The summed E-state index contributed by atoms with van der Waals surface area (Å²) in [5, 5.41) is 5.67. The molecule has 0 unspecified atom stereocenters. The minimum absolute atomic E-state index is 0.370. The summed E-state index contributed by atoms with van der Waals surface area (Å²) in [4.78, 5) is 11.3. The largest absolute Gasteiger partial charge is 0.274 e. The van der Waals surface area contributed by atoms with Crippen LogP contribution in [0, 0.1) is 0 Å². The first-order valence-corrected chi connectivity index (χ1v) is 4.13. The molecule has 0 saturated carbocycles. The normalized spacial score (nSPS) is 9.80. The molecule has 0 aliphatic carbocycles. The third-order valence-electron chi connectivity index (χ3n) is 1.02. The first kappa shape index (κ1) is 7.63. The van der Waals surface area contributed by atoms with Crippen molar-refractivity contribution in [2.24, 2.45) is 0 Å². The Bertz CT molecular complexity index is 248. The van der Waals surface area contributed by atoms with Crippen molar-refractivity contribution in [2.75, 3.05) is 6.26 Å². The van der Waals surface area contributed by atoms with Crippen molar-refractivity contribution < 1.29 is 4.79 Å². The Morgan fingerprint density at radius 2 is 2.60 bits per heavy atom. The van der Waals surface area contributed by atoms with E-state index in [2.05, 4.69) is 10.2 Å². The second-order valence-corrected chi connectivity index (χ2v) is 2.78. The lowest BCUT2D eigenvalue weighted by molar-refractivity contribution is 0.107. The van der Waals surface area contributed by atoms with Crippen molar-refractivity contribution in [2.45, 2.75) is 4.90 Å². The third-order valence-corrected chi connectivity index (χ3v) is 1.96. The second kappa shape index (κ2) is 3.07. The van der Waals surface area contributed by atoms with Gasteiger partial charge in [0.05, 0.1) is 11.1 Å². The van der Waals surface area contributed by atoms with Crippen LogP contribution in [0.15, 0.2) is 11.1 Å². The van der Waals surface area contributed by atoms with Crippen LogP contribution >= 0.6 is 23.4 Å². The molecule has 1 aromatic heterocycles. The van der Waals surface area contributed by atoms with E-state index in [0.717, 1.165) is 4.90 Å². The Balaban J connectivity index is 3.01. The molecule has 3 nitrogen and oxygen atoms in total. The van der Waals surface area contributed by atoms with Crippen LogP contribution in [0.25, 0.3) is 0 Å². The molecule has 0 saturated heterocycles. The lowest BCUT2D eigenvalue weighted by atomic mass is 10.5. The number of halogens is 1. The van der Waals surface area contributed by atoms with E-state index in [1.54, 1.807) is 6.20 Å². The smallest absolute Gasteiger partial charge is 0.271 e. The highest BCUT2D eigenvalue weighted by Gasteiger charge is 2.09. The molecule has 54 valence electrons. The number of aromatic nitrogens is 2. The van der Waals surface area contributed by atoms with Crippen molar-refractivity contribution in [3.63, 3.8) is 0 Å². The minimum atomic E-state index is -0.498. The molecule has 1 heterocycles. The van der Waals surface area contributed by atoms with Crippen LogP contribution in [0.3, 0.4) is 0 Å². The van der Waals surface area contributed by atoms with Gasteiger partial charge in [-0.3, -0.25) is 9.89 Å². The number of carbonyl (C=O) groups excluding carboxylic acids is 1. The van der Waals surface area contributed by atoms with Gasteiger partial charge in [0.2, 0.25) is 0 Å². The summed E-state index contributed by atoms with van der Waals surface area (Å²) < 4.78 is 0. The molecular weight excluding hydrogens is 172 g/mol. The maximum atomic E-state index is 10.6. The van der Waals surface area contributed by atoms with E-state index < -0.39 is 5.24 Å². The van der Waals surface area contributed by atoms with E-state index >= 15 is 0 Å². The fraction of sp³-hybridized carbons (Fsp3) is 0.200. The summed E-state index contributed by atoms with van der Waals surface area (Å²) in [7, 11) is 0. The zero-order valence-electron chi connectivity index (χ0n) is 5.22. The van der Waals surface area contributed by atoms with Crippen molar-refractivity contribution in [1.82, 2.24) is 10.2 Å². The van der Waals surface area contributed by atoms with Gasteiger partial charge in [-0.1, -0.05) is 0 Å². The van der Waals surface area contributed by atoms with Crippen molar-refractivity contribution in [1.29, 1.82) is 0 Å². The summed E-state index contributed by atoms with van der Waals surface area (Å²) in [6.07, 6.45) is 3.43. The van der Waals surface area contributed by atoms with Crippen LogP contribution in [0.1, 0.15) is 10.5 Å². The van der Waals surface area contributed by atoms with Crippen LogP contribution in [-0.4, -0.2) is 21.7 Å². The van der Waals surface area contributed by atoms with Crippen molar-refractivity contribution in [3.8, 4) is 0 Å². The van der Waals surface area contributed by atoms with Gasteiger partial charge in [0, 0.05) is 0 Å².